The van der Waals surface area contributed by atoms with Gasteiger partial charge in [-0.05, 0) is 0 Å². The molecule has 0 aliphatic heterocycles. The van der Waals surface area contributed by atoms with Gasteiger partial charge in [0.15, 0.2) is 9.84 Å². The van der Waals surface area contributed by atoms with Crippen LogP contribution in [0, 0.1) is 0 Å². The Kier molecular flexibility index (Phi) is 9.52. The van der Waals surface area contributed by atoms with E-state index in [4.69, 9.17) is 0 Å². The number of amides is 1. The number of primary amides is 1. The predicted octanol–water partition coefficient (Wildman–Crippen LogP) is -0.640. The second-order valence-electron chi connectivity index (χ2n) is 1.54. The fourth-order valence-corrected chi connectivity index (χ4v) is 0.775. The molecule has 0 aliphatic carbocycles. The highest BCUT2D eigenvalue weighted by atomic mass is 35.5. The summed E-state index contributed by atoms with van der Waals surface area (Å²) < 4.78 is 20.3. The van der Waals surface area contributed by atoms with E-state index >= 15 is 0 Å². The quantitative estimate of drug-likeness (QED) is 0.658. The number of halogens is 2. The van der Waals surface area contributed by atoms with Gasteiger partial charge in [0.25, 0.3) is 0 Å². The molecule has 10 heavy (non-hydrogen) atoms. The fraction of sp³-hybridized carbons (Fsp3) is 0.667. The summed E-state index contributed by atoms with van der Waals surface area (Å²) in [5.41, 5.74) is 4.56. The summed E-state index contributed by atoms with van der Waals surface area (Å²) in [6, 6.07) is 0. The van der Waals surface area contributed by atoms with Crippen molar-refractivity contribution in [3.05, 3.63) is 0 Å². The molecule has 0 heterocycles. The van der Waals surface area contributed by atoms with Gasteiger partial charge in [-0.25, -0.2) is 8.42 Å². The predicted molar refractivity (Wildman–Crippen MR) is 43.4 cm³/mol. The Morgan fingerprint density at radius 2 is 1.70 bits per heavy atom. The summed E-state index contributed by atoms with van der Waals surface area (Å²) in [7, 11) is -3.20. The van der Waals surface area contributed by atoms with E-state index in [9.17, 15) is 13.2 Å². The maximum Gasteiger partial charge on any atom is 0.232 e. The van der Waals surface area contributed by atoms with Crippen LogP contribution in [0.1, 0.15) is 0 Å². The lowest BCUT2D eigenvalue weighted by Gasteiger charge is -1.87. The first-order chi connectivity index (χ1) is 3.42. The first kappa shape index (κ1) is 16.5. The van der Waals surface area contributed by atoms with Gasteiger partial charge in [0.05, 0.1) is 0 Å². The Morgan fingerprint density at radius 1 is 1.40 bits per heavy atom. The van der Waals surface area contributed by atoms with Gasteiger partial charge in [-0.2, -0.15) is 0 Å². The molecule has 0 aromatic carbocycles. The van der Waals surface area contributed by atoms with Crippen molar-refractivity contribution in [2.75, 3.05) is 12.0 Å². The van der Waals surface area contributed by atoms with E-state index in [1.54, 1.807) is 0 Å². The van der Waals surface area contributed by atoms with Gasteiger partial charge < -0.3 is 5.73 Å². The van der Waals surface area contributed by atoms with E-state index < -0.39 is 21.5 Å². The van der Waals surface area contributed by atoms with E-state index in [0.717, 1.165) is 6.26 Å². The lowest BCUT2D eigenvalue weighted by atomic mass is 10.8. The van der Waals surface area contributed by atoms with Crippen LogP contribution in [0.4, 0.5) is 0 Å². The Balaban J connectivity index is -0.000000245. The lowest BCUT2D eigenvalue weighted by Crippen LogP contribution is -2.21. The zero-order chi connectivity index (χ0) is 6.78. The average molecular weight is 210 g/mol. The molecule has 0 radical (unpaired) electrons. The Hall–Kier alpha value is -0.000000000000000111. The second-order valence-corrected chi connectivity index (χ2v) is 3.68. The monoisotopic (exact) mass is 209 g/mol. The molecular weight excluding hydrogens is 201 g/mol. The van der Waals surface area contributed by atoms with Crippen molar-refractivity contribution in [3.63, 3.8) is 0 Å². The van der Waals surface area contributed by atoms with Gasteiger partial charge in [-0.3, -0.25) is 4.79 Å². The molecule has 64 valence electrons. The van der Waals surface area contributed by atoms with Crippen molar-refractivity contribution in [3.8, 4) is 0 Å². The minimum Gasteiger partial charge on any atom is -0.369 e. The summed E-state index contributed by atoms with van der Waals surface area (Å²) in [5, 5.41) is 0. The third-order valence-electron chi connectivity index (χ3n) is 0.404. The Bertz CT molecular complexity index is 188. The molecule has 0 spiro atoms. The van der Waals surface area contributed by atoms with Crippen LogP contribution in [0.25, 0.3) is 0 Å². The largest absolute Gasteiger partial charge is 0.369 e. The van der Waals surface area contributed by atoms with E-state index in [1.807, 2.05) is 0 Å². The molecule has 0 bridgehead atoms. The van der Waals surface area contributed by atoms with E-state index in [1.165, 1.54) is 0 Å². The summed E-state index contributed by atoms with van der Waals surface area (Å²) in [6.07, 6.45) is 0.956. The molecule has 0 atom stereocenters. The molecule has 0 rings (SSSR count). The van der Waals surface area contributed by atoms with Gasteiger partial charge in [-0.1, -0.05) is 0 Å². The number of carbonyl (C=O) groups excluding carboxylic acids is 1. The number of sulfone groups is 1. The van der Waals surface area contributed by atoms with Crippen LogP contribution in [0.5, 0.6) is 0 Å². The van der Waals surface area contributed by atoms with Crippen molar-refractivity contribution < 1.29 is 13.2 Å². The maximum atomic E-state index is 10.1. The van der Waals surface area contributed by atoms with E-state index in [-0.39, 0.29) is 24.8 Å². The minimum atomic E-state index is -3.20. The van der Waals surface area contributed by atoms with Crippen LogP contribution >= 0.6 is 24.8 Å². The smallest absolute Gasteiger partial charge is 0.232 e. The highest BCUT2D eigenvalue weighted by molar-refractivity contribution is 7.91. The third kappa shape index (κ3) is 15.7. The van der Waals surface area contributed by atoms with E-state index in [2.05, 4.69) is 5.73 Å². The van der Waals surface area contributed by atoms with Crippen molar-refractivity contribution >= 4 is 40.6 Å². The number of rotatable bonds is 2. The van der Waals surface area contributed by atoms with Crippen molar-refractivity contribution in [1.29, 1.82) is 0 Å². The van der Waals surface area contributed by atoms with Gasteiger partial charge in [0, 0.05) is 6.26 Å². The van der Waals surface area contributed by atoms with Crippen LogP contribution in [0.15, 0.2) is 0 Å². The molecule has 0 aromatic rings. The first-order valence-electron chi connectivity index (χ1n) is 1.88. The van der Waals surface area contributed by atoms with Crippen LogP contribution in [0.2, 0.25) is 0 Å². The third-order valence-corrected chi connectivity index (χ3v) is 1.21. The zero-order valence-electron chi connectivity index (χ0n) is 5.23. The molecule has 0 aliphatic rings. The van der Waals surface area contributed by atoms with Crippen LogP contribution in [0.3, 0.4) is 0 Å². The number of hydrogen-bond acceptors (Lipinski definition) is 3. The van der Waals surface area contributed by atoms with Crippen molar-refractivity contribution in [1.82, 2.24) is 0 Å². The van der Waals surface area contributed by atoms with E-state index in [0.29, 0.717) is 0 Å². The topological polar surface area (TPSA) is 77.2 Å². The molecule has 0 aromatic heterocycles. The SMILES string of the molecule is CS(=O)(=O)CC(N)=O.Cl.Cl. The van der Waals surface area contributed by atoms with Gasteiger partial charge >= 0.3 is 0 Å². The number of nitrogens with two attached hydrogens (primary N) is 1. The highest BCUT2D eigenvalue weighted by Crippen LogP contribution is 1.77. The second kappa shape index (κ2) is 5.76. The number of carbonyl (C=O) groups is 1. The molecule has 0 fully saturated rings. The minimum absolute atomic E-state index is 0. The summed E-state index contributed by atoms with van der Waals surface area (Å²) in [5.74, 6) is -1.38. The van der Waals surface area contributed by atoms with Crippen LogP contribution in [-0.2, 0) is 14.6 Å². The Morgan fingerprint density at radius 3 is 1.70 bits per heavy atom. The normalized spacial score (nSPS) is 8.90. The van der Waals surface area contributed by atoms with Crippen molar-refractivity contribution in [2.24, 2.45) is 5.73 Å². The molecule has 4 nitrogen and oxygen atoms in total. The molecule has 0 saturated carbocycles. The van der Waals surface area contributed by atoms with Gasteiger partial charge in [-0.15, -0.1) is 24.8 Å². The summed E-state index contributed by atoms with van der Waals surface area (Å²) in [4.78, 5) is 9.86. The molecule has 2 N–H and O–H groups in total. The standard InChI is InChI=1S/C3H7NO3S.2ClH/c1-8(6,7)2-3(4)5;;/h2H2,1H3,(H2,4,5);2*1H. The number of hydrogen-bond donors (Lipinski definition) is 1. The highest BCUT2D eigenvalue weighted by Gasteiger charge is 2.04. The average Bonchev–Trinajstić information content (AvgIpc) is 1.21. The maximum absolute atomic E-state index is 10.1. The molecule has 7 heteroatoms. The first-order valence-corrected chi connectivity index (χ1v) is 3.94. The zero-order valence-corrected chi connectivity index (χ0v) is 7.68. The molecule has 1 amide bonds. The lowest BCUT2D eigenvalue weighted by molar-refractivity contribution is -0.115. The van der Waals surface area contributed by atoms with Crippen LogP contribution < -0.4 is 5.73 Å². The molecular formula is C3H9Cl2NO3S. The Labute approximate surface area is 71.9 Å². The summed E-state index contributed by atoms with van der Waals surface area (Å²) >= 11 is 0. The molecule has 0 saturated heterocycles. The van der Waals surface area contributed by atoms with Gasteiger partial charge in [0.1, 0.15) is 5.75 Å². The van der Waals surface area contributed by atoms with Crippen LogP contribution in [-0.4, -0.2) is 26.3 Å². The van der Waals surface area contributed by atoms with Gasteiger partial charge in [0.2, 0.25) is 5.91 Å². The summed E-state index contributed by atoms with van der Waals surface area (Å²) in [6.45, 7) is 0. The van der Waals surface area contributed by atoms with Crippen molar-refractivity contribution in [2.45, 2.75) is 0 Å². The fourth-order valence-electron chi connectivity index (χ4n) is 0.258. The molecule has 0 unspecified atom stereocenters.